The van der Waals surface area contributed by atoms with E-state index in [9.17, 15) is 4.79 Å². The van der Waals surface area contributed by atoms with Crippen LogP contribution in [-0.2, 0) is 9.53 Å². The molecule has 1 aliphatic carbocycles. The SMILES string of the molecule is Cl.NC1CCCC(C(=O)NC2CCOC2)C1. The van der Waals surface area contributed by atoms with E-state index in [4.69, 9.17) is 10.5 Å². The van der Waals surface area contributed by atoms with E-state index < -0.39 is 0 Å². The van der Waals surface area contributed by atoms with Crippen LogP contribution in [0.25, 0.3) is 0 Å². The summed E-state index contributed by atoms with van der Waals surface area (Å²) in [6.45, 7) is 1.44. The Balaban J connectivity index is 0.00000128. The van der Waals surface area contributed by atoms with Gasteiger partial charge in [0.2, 0.25) is 5.91 Å². The summed E-state index contributed by atoms with van der Waals surface area (Å²) in [5, 5.41) is 3.05. The first-order chi connectivity index (χ1) is 7.25. The Morgan fingerprint density at radius 3 is 2.75 bits per heavy atom. The minimum Gasteiger partial charge on any atom is -0.379 e. The molecule has 5 heteroatoms. The molecular formula is C11H21ClN2O2. The van der Waals surface area contributed by atoms with Crippen molar-refractivity contribution in [2.24, 2.45) is 11.7 Å². The van der Waals surface area contributed by atoms with Gasteiger partial charge in [0.05, 0.1) is 12.6 Å². The maximum Gasteiger partial charge on any atom is 0.223 e. The average molecular weight is 249 g/mol. The molecule has 2 rings (SSSR count). The van der Waals surface area contributed by atoms with Gasteiger partial charge in [0, 0.05) is 18.6 Å². The summed E-state index contributed by atoms with van der Waals surface area (Å²) in [5.74, 6) is 0.315. The topological polar surface area (TPSA) is 64.4 Å². The fourth-order valence-corrected chi connectivity index (χ4v) is 2.43. The Hall–Kier alpha value is -0.320. The zero-order valence-electron chi connectivity index (χ0n) is 9.48. The predicted octanol–water partition coefficient (Wildman–Crippen LogP) is 0.831. The zero-order valence-corrected chi connectivity index (χ0v) is 10.3. The van der Waals surface area contributed by atoms with Gasteiger partial charge in [-0.15, -0.1) is 12.4 Å². The quantitative estimate of drug-likeness (QED) is 0.761. The normalized spacial score (nSPS) is 34.2. The highest BCUT2D eigenvalue weighted by Gasteiger charge is 2.27. The van der Waals surface area contributed by atoms with Crippen LogP contribution in [0.4, 0.5) is 0 Å². The highest BCUT2D eigenvalue weighted by molar-refractivity contribution is 5.85. The number of carbonyl (C=O) groups is 1. The standard InChI is InChI=1S/C11H20N2O2.ClH/c12-9-3-1-2-8(6-9)11(14)13-10-4-5-15-7-10;/h8-10H,1-7,12H2,(H,13,14);1H. The average Bonchev–Trinajstić information content (AvgIpc) is 2.70. The third-order valence-electron chi connectivity index (χ3n) is 3.36. The van der Waals surface area contributed by atoms with Gasteiger partial charge in [0.25, 0.3) is 0 Å². The molecule has 1 saturated heterocycles. The first-order valence-electron chi connectivity index (χ1n) is 5.89. The van der Waals surface area contributed by atoms with Gasteiger partial charge in [-0.3, -0.25) is 4.79 Å². The monoisotopic (exact) mass is 248 g/mol. The molecule has 0 spiro atoms. The van der Waals surface area contributed by atoms with E-state index in [2.05, 4.69) is 5.32 Å². The second-order valence-electron chi connectivity index (χ2n) is 4.69. The van der Waals surface area contributed by atoms with Crippen molar-refractivity contribution >= 4 is 18.3 Å². The zero-order chi connectivity index (χ0) is 10.7. The summed E-state index contributed by atoms with van der Waals surface area (Å²) < 4.78 is 5.23. The van der Waals surface area contributed by atoms with Crippen molar-refractivity contribution < 1.29 is 9.53 Å². The van der Waals surface area contributed by atoms with E-state index in [0.29, 0.717) is 6.61 Å². The summed E-state index contributed by atoms with van der Waals surface area (Å²) in [7, 11) is 0. The van der Waals surface area contributed by atoms with Crippen molar-refractivity contribution in [3.05, 3.63) is 0 Å². The van der Waals surface area contributed by atoms with E-state index in [1.807, 2.05) is 0 Å². The van der Waals surface area contributed by atoms with Crippen LogP contribution in [-0.4, -0.2) is 31.2 Å². The molecule has 1 aliphatic heterocycles. The van der Waals surface area contributed by atoms with Gasteiger partial charge in [-0.25, -0.2) is 0 Å². The summed E-state index contributed by atoms with van der Waals surface area (Å²) in [6.07, 6.45) is 4.94. The molecule has 3 atom stereocenters. The number of hydrogen-bond acceptors (Lipinski definition) is 3. The molecule has 16 heavy (non-hydrogen) atoms. The number of rotatable bonds is 2. The lowest BCUT2D eigenvalue weighted by Crippen LogP contribution is -2.42. The van der Waals surface area contributed by atoms with E-state index in [0.717, 1.165) is 38.7 Å². The molecule has 2 fully saturated rings. The number of amides is 1. The summed E-state index contributed by atoms with van der Waals surface area (Å²) in [6, 6.07) is 0.449. The van der Waals surface area contributed by atoms with E-state index in [1.165, 1.54) is 0 Å². The number of hydrogen-bond donors (Lipinski definition) is 2. The Kier molecular flexibility index (Phi) is 5.52. The first kappa shape index (κ1) is 13.7. The Morgan fingerprint density at radius 2 is 2.12 bits per heavy atom. The molecule has 0 aromatic carbocycles. The molecule has 0 bridgehead atoms. The lowest BCUT2D eigenvalue weighted by molar-refractivity contribution is -0.126. The van der Waals surface area contributed by atoms with Crippen molar-refractivity contribution in [1.82, 2.24) is 5.32 Å². The highest BCUT2D eigenvalue weighted by Crippen LogP contribution is 2.23. The molecule has 1 saturated carbocycles. The van der Waals surface area contributed by atoms with E-state index in [1.54, 1.807) is 0 Å². The molecule has 0 aromatic rings. The fraction of sp³-hybridized carbons (Fsp3) is 0.909. The minimum atomic E-state index is 0. The van der Waals surface area contributed by atoms with Crippen molar-refractivity contribution in [2.45, 2.75) is 44.2 Å². The molecule has 0 radical (unpaired) electrons. The molecule has 0 aromatic heterocycles. The van der Waals surface area contributed by atoms with E-state index >= 15 is 0 Å². The molecule has 4 nitrogen and oxygen atoms in total. The highest BCUT2D eigenvalue weighted by atomic mass is 35.5. The third kappa shape index (κ3) is 3.61. The van der Waals surface area contributed by atoms with Gasteiger partial charge >= 0.3 is 0 Å². The van der Waals surface area contributed by atoms with Crippen molar-refractivity contribution in [3.8, 4) is 0 Å². The Morgan fingerprint density at radius 1 is 1.31 bits per heavy atom. The number of nitrogens with one attached hydrogen (secondary N) is 1. The van der Waals surface area contributed by atoms with Crippen LogP contribution >= 0.6 is 12.4 Å². The number of halogens is 1. The maximum atomic E-state index is 11.9. The van der Waals surface area contributed by atoms with Crippen molar-refractivity contribution in [2.75, 3.05) is 13.2 Å². The molecule has 3 N–H and O–H groups in total. The van der Waals surface area contributed by atoms with Gasteiger partial charge in [-0.2, -0.15) is 0 Å². The van der Waals surface area contributed by atoms with Gasteiger partial charge in [0.15, 0.2) is 0 Å². The fourth-order valence-electron chi connectivity index (χ4n) is 2.43. The molecule has 3 unspecified atom stereocenters. The second-order valence-corrected chi connectivity index (χ2v) is 4.69. The van der Waals surface area contributed by atoms with Crippen molar-refractivity contribution in [3.63, 3.8) is 0 Å². The maximum absolute atomic E-state index is 11.9. The van der Waals surface area contributed by atoms with E-state index in [-0.39, 0.29) is 36.3 Å². The van der Waals surface area contributed by atoms with Crippen LogP contribution in [0.2, 0.25) is 0 Å². The summed E-state index contributed by atoms with van der Waals surface area (Å²) >= 11 is 0. The summed E-state index contributed by atoms with van der Waals surface area (Å²) in [4.78, 5) is 11.9. The van der Waals surface area contributed by atoms with Crippen LogP contribution in [0.15, 0.2) is 0 Å². The van der Waals surface area contributed by atoms with Gasteiger partial charge < -0.3 is 15.8 Å². The molecule has 94 valence electrons. The Labute approximate surface area is 103 Å². The van der Waals surface area contributed by atoms with Crippen LogP contribution in [0.1, 0.15) is 32.1 Å². The first-order valence-corrected chi connectivity index (χ1v) is 5.89. The molecule has 2 aliphatic rings. The molecule has 1 heterocycles. The third-order valence-corrected chi connectivity index (χ3v) is 3.36. The minimum absolute atomic E-state index is 0. The van der Waals surface area contributed by atoms with Crippen LogP contribution in [0.5, 0.6) is 0 Å². The smallest absolute Gasteiger partial charge is 0.223 e. The Bertz CT molecular complexity index is 232. The van der Waals surface area contributed by atoms with Crippen LogP contribution < -0.4 is 11.1 Å². The lowest BCUT2D eigenvalue weighted by Gasteiger charge is -2.26. The second kappa shape index (κ2) is 6.42. The lowest BCUT2D eigenvalue weighted by atomic mass is 9.85. The number of carbonyl (C=O) groups excluding carboxylic acids is 1. The molecular weight excluding hydrogens is 228 g/mol. The predicted molar refractivity (Wildman–Crippen MR) is 64.5 cm³/mol. The van der Waals surface area contributed by atoms with Crippen LogP contribution in [0, 0.1) is 5.92 Å². The van der Waals surface area contributed by atoms with Gasteiger partial charge in [-0.05, 0) is 25.7 Å². The summed E-state index contributed by atoms with van der Waals surface area (Å²) in [5.41, 5.74) is 5.87. The van der Waals surface area contributed by atoms with Crippen LogP contribution in [0.3, 0.4) is 0 Å². The van der Waals surface area contributed by atoms with Gasteiger partial charge in [-0.1, -0.05) is 6.42 Å². The number of ether oxygens (including phenoxy) is 1. The molecule has 1 amide bonds. The van der Waals surface area contributed by atoms with Crippen molar-refractivity contribution in [1.29, 1.82) is 0 Å². The largest absolute Gasteiger partial charge is 0.379 e. The van der Waals surface area contributed by atoms with Gasteiger partial charge in [0.1, 0.15) is 0 Å². The number of nitrogens with two attached hydrogens (primary N) is 1.